The van der Waals surface area contributed by atoms with Gasteiger partial charge in [-0.3, -0.25) is 14.9 Å². The highest BCUT2D eigenvalue weighted by Crippen LogP contribution is 2.43. The second-order valence-electron chi connectivity index (χ2n) is 3.65. The molecule has 0 saturated heterocycles. The van der Waals surface area contributed by atoms with Gasteiger partial charge in [-0.2, -0.15) is 0 Å². The monoisotopic (exact) mass is 301 g/mol. The molecule has 0 aliphatic rings. The van der Waals surface area contributed by atoms with Crippen molar-refractivity contribution in [1.82, 2.24) is 0 Å². The zero-order chi connectivity index (χ0) is 15.8. The first-order valence-electron chi connectivity index (χ1n) is 5.68. The lowest BCUT2D eigenvalue weighted by atomic mass is 10.1. The number of carbonyl (C=O) groups excluding carboxylic acids is 1. The predicted molar refractivity (Wildman–Crippen MR) is 70.0 cm³/mol. The van der Waals surface area contributed by atoms with Gasteiger partial charge < -0.3 is 23.7 Å². The summed E-state index contributed by atoms with van der Waals surface area (Å²) < 4.78 is 24.8. The summed E-state index contributed by atoms with van der Waals surface area (Å²) in [6.45, 7) is -0.423. The van der Waals surface area contributed by atoms with Crippen LogP contribution in [0.25, 0.3) is 0 Å². The second-order valence-corrected chi connectivity index (χ2v) is 3.65. The Bertz CT molecular complexity index is 516. The maximum Gasteiger partial charge on any atom is 0.315 e. The first-order valence-corrected chi connectivity index (χ1v) is 5.68. The number of ether oxygens (including phenoxy) is 5. The van der Waals surface area contributed by atoms with E-state index in [9.17, 15) is 14.9 Å². The molecule has 0 N–H and O–H groups in total. The molecule has 0 saturated carbocycles. The van der Waals surface area contributed by atoms with Crippen molar-refractivity contribution >= 4 is 12.0 Å². The number of nitrogens with zero attached hydrogens (tertiary/aromatic N) is 1. The van der Waals surface area contributed by atoms with E-state index < -0.39 is 10.6 Å². The summed E-state index contributed by atoms with van der Waals surface area (Å²) in [5.74, 6) is -0.241. The Morgan fingerprint density at radius 1 is 1.14 bits per heavy atom. The van der Waals surface area contributed by atoms with E-state index in [1.54, 1.807) is 0 Å². The third-order valence-corrected chi connectivity index (χ3v) is 2.39. The molecule has 0 atom stereocenters. The van der Waals surface area contributed by atoms with Gasteiger partial charge in [-0.25, -0.2) is 0 Å². The number of benzene rings is 1. The molecule has 0 aliphatic heterocycles. The van der Waals surface area contributed by atoms with Crippen LogP contribution in [0.3, 0.4) is 0 Å². The summed E-state index contributed by atoms with van der Waals surface area (Å²) in [4.78, 5) is 21.7. The van der Waals surface area contributed by atoms with Gasteiger partial charge in [0.05, 0.1) is 18.1 Å². The fourth-order valence-electron chi connectivity index (χ4n) is 1.58. The molecule has 1 aromatic rings. The first-order chi connectivity index (χ1) is 10.1. The predicted octanol–water partition coefficient (Wildman–Crippen LogP) is 1.38. The van der Waals surface area contributed by atoms with Crippen LogP contribution in [0.5, 0.6) is 17.2 Å². The molecule has 9 nitrogen and oxygen atoms in total. The molecule has 1 rings (SSSR count). The van der Waals surface area contributed by atoms with Crippen LogP contribution in [0, 0.1) is 10.1 Å². The Morgan fingerprint density at radius 2 is 1.76 bits per heavy atom. The van der Waals surface area contributed by atoms with Crippen molar-refractivity contribution in [2.75, 3.05) is 34.9 Å². The number of nitro groups is 1. The van der Waals surface area contributed by atoms with Gasteiger partial charge in [0.25, 0.3) is 0 Å². The molecule has 0 amide bonds. The Morgan fingerprint density at radius 3 is 2.24 bits per heavy atom. The summed E-state index contributed by atoms with van der Waals surface area (Å²) >= 11 is 0. The van der Waals surface area contributed by atoms with Crippen LogP contribution in [-0.2, 0) is 9.47 Å². The molecule has 0 unspecified atom stereocenters. The highest BCUT2D eigenvalue weighted by atomic mass is 16.7. The summed E-state index contributed by atoms with van der Waals surface area (Å²) in [5.41, 5.74) is -0.587. The standard InChI is InChI=1S/C12H15NO8/c1-17-6-20-10-4-9(13(15)16)11(21-7-18-2)8(5-14)12(10)19-3/h4-5H,6-7H2,1-3H3. The fraction of sp³-hybridized carbons (Fsp3) is 0.417. The SMILES string of the molecule is COCOc1cc([N+](=O)[O-])c(OCOC)c(C=O)c1OC. The molecule has 116 valence electrons. The van der Waals surface area contributed by atoms with Crippen LogP contribution < -0.4 is 14.2 Å². The van der Waals surface area contributed by atoms with Gasteiger partial charge in [-0.15, -0.1) is 0 Å². The average Bonchev–Trinajstić information content (AvgIpc) is 2.49. The van der Waals surface area contributed by atoms with Crippen molar-refractivity contribution in [2.24, 2.45) is 0 Å². The Kier molecular flexibility index (Phi) is 6.37. The molecule has 0 aromatic heterocycles. The molecular formula is C12H15NO8. The second kappa shape index (κ2) is 8.02. The molecule has 0 aliphatic carbocycles. The van der Waals surface area contributed by atoms with Crippen molar-refractivity contribution in [1.29, 1.82) is 0 Å². The van der Waals surface area contributed by atoms with Crippen molar-refractivity contribution in [3.63, 3.8) is 0 Å². The fourth-order valence-corrected chi connectivity index (χ4v) is 1.58. The minimum atomic E-state index is -0.697. The Hall–Kier alpha value is -2.39. The third-order valence-electron chi connectivity index (χ3n) is 2.39. The van der Waals surface area contributed by atoms with E-state index in [-0.39, 0.29) is 36.4 Å². The molecular weight excluding hydrogens is 286 g/mol. The lowest BCUT2D eigenvalue weighted by Crippen LogP contribution is -2.08. The van der Waals surface area contributed by atoms with Crippen molar-refractivity contribution in [3.05, 3.63) is 21.7 Å². The van der Waals surface area contributed by atoms with E-state index in [4.69, 9.17) is 23.7 Å². The molecule has 0 fully saturated rings. The van der Waals surface area contributed by atoms with Gasteiger partial charge in [-0.05, 0) is 0 Å². The van der Waals surface area contributed by atoms with Crippen molar-refractivity contribution in [3.8, 4) is 17.2 Å². The molecule has 0 spiro atoms. The Balaban J connectivity index is 3.46. The summed E-state index contributed by atoms with van der Waals surface area (Å²) in [6, 6.07) is 1.09. The van der Waals surface area contributed by atoms with E-state index in [0.717, 1.165) is 6.07 Å². The molecule has 0 heterocycles. The van der Waals surface area contributed by atoms with E-state index >= 15 is 0 Å². The summed E-state index contributed by atoms with van der Waals surface area (Å²) in [7, 11) is 4.03. The van der Waals surface area contributed by atoms with Gasteiger partial charge in [0.1, 0.15) is 5.56 Å². The number of aldehydes is 1. The molecule has 0 radical (unpaired) electrons. The van der Waals surface area contributed by atoms with E-state index in [1.165, 1.54) is 21.3 Å². The Labute approximate surface area is 120 Å². The minimum absolute atomic E-state index is 0.00193. The van der Waals surface area contributed by atoms with Crippen LogP contribution in [0.15, 0.2) is 6.07 Å². The maximum atomic E-state index is 11.3. The smallest absolute Gasteiger partial charge is 0.315 e. The van der Waals surface area contributed by atoms with Crippen LogP contribution in [0.2, 0.25) is 0 Å². The highest BCUT2D eigenvalue weighted by Gasteiger charge is 2.27. The van der Waals surface area contributed by atoms with E-state index in [2.05, 4.69) is 0 Å². The number of nitro benzene ring substituents is 1. The van der Waals surface area contributed by atoms with Gasteiger partial charge in [0.15, 0.2) is 31.4 Å². The van der Waals surface area contributed by atoms with Crippen LogP contribution in [-0.4, -0.2) is 46.1 Å². The van der Waals surface area contributed by atoms with E-state index in [1.807, 2.05) is 0 Å². The largest absolute Gasteiger partial charge is 0.492 e. The number of rotatable bonds is 9. The number of carbonyl (C=O) groups is 1. The van der Waals surface area contributed by atoms with Crippen LogP contribution >= 0.6 is 0 Å². The lowest BCUT2D eigenvalue weighted by molar-refractivity contribution is -0.386. The average molecular weight is 301 g/mol. The minimum Gasteiger partial charge on any atom is -0.492 e. The topological polar surface area (TPSA) is 106 Å². The number of hydrogen-bond donors (Lipinski definition) is 0. The molecule has 21 heavy (non-hydrogen) atoms. The van der Waals surface area contributed by atoms with Crippen molar-refractivity contribution in [2.45, 2.75) is 0 Å². The molecule has 9 heteroatoms. The summed E-state index contributed by atoms with van der Waals surface area (Å²) in [6.07, 6.45) is 0.385. The van der Waals surface area contributed by atoms with Crippen LogP contribution in [0.4, 0.5) is 5.69 Å². The molecule has 1 aromatic carbocycles. The normalized spacial score (nSPS) is 10.0. The quantitative estimate of drug-likeness (QED) is 0.291. The third kappa shape index (κ3) is 3.80. The first kappa shape index (κ1) is 16.7. The highest BCUT2D eigenvalue weighted by molar-refractivity contribution is 5.88. The van der Waals surface area contributed by atoms with Gasteiger partial charge >= 0.3 is 5.69 Å². The van der Waals surface area contributed by atoms with Gasteiger partial charge in [0, 0.05) is 14.2 Å². The zero-order valence-corrected chi connectivity index (χ0v) is 11.8. The van der Waals surface area contributed by atoms with Gasteiger partial charge in [-0.1, -0.05) is 0 Å². The van der Waals surface area contributed by atoms with Gasteiger partial charge in [0.2, 0.25) is 5.75 Å². The van der Waals surface area contributed by atoms with Crippen molar-refractivity contribution < 1.29 is 33.4 Å². The number of methoxy groups -OCH3 is 3. The molecule has 0 bridgehead atoms. The maximum absolute atomic E-state index is 11.3. The lowest BCUT2D eigenvalue weighted by Gasteiger charge is -2.15. The summed E-state index contributed by atoms with van der Waals surface area (Å²) in [5, 5.41) is 11.1. The van der Waals surface area contributed by atoms with E-state index in [0.29, 0.717) is 6.29 Å². The van der Waals surface area contributed by atoms with Crippen LogP contribution in [0.1, 0.15) is 10.4 Å². The number of hydrogen-bond acceptors (Lipinski definition) is 8. The zero-order valence-electron chi connectivity index (χ0n) is 11.8.